The van der Waals surface area contributed by atoms with Gasteiger partial charge < -0.3 is 19.3 Å². The van der Waals surface area contributed by atoms with Crippen LogP contribution in [0, 0.1) is 11.6 Å². The molecule has 5 rings (SSSR count). The van der Waals surface area contributed by atoms with Crippen molar-refractivity contribution >= 4 is 23.9 Å². The molecule has 6 nitrogen and oxygen atoms in total. The molecule has 0 aliphatic carbocycles. The second-order valence-corrected chi connectivity index (χ2v) is 9.16. The van der Waals surface area contributed by atoms with Gasteiger partial charge in [-0.3, -0.25) is 0 Å². The fourth-order valence-corrected chi connectivity index (χ4v) is 4.97. The Labute approximate surface area is 198 Å². The molecule has 8 heteroatoms. The normalized spacial score (nSPS) is 18.9. The standard InChI is InChI=1S/C26H28F2N6/c1-29-30-26-25-12-17(22-7-5-19(27)13-23(22)28)14-34(25)15-18-11-20(6-8-24(18)32(26)4)33-10-9-21(16-33)31(2)3/h5-8,11-14,21H,1,9-10,15-16H2,2-4H3/b30-26-/t21-/m0/s1. The maximum Gasteiger partial charge on any atom is 0.179 e. The molecule has 2 aliphatic heterocycles. The Bertz CT molecular complexity index is 1280. The van der Waals surface area contributed by atoms with Crippen LogP contribution in [0.5, 0.6) is 0 Å². The predicted octanol–water partition coefficient (Wildman–Crippen LogP) is 4.43. The van der Waals surface area contributed by atoms with Crippen molar-refractivity contribution in [2.24, 2.45) is 10.2 Å². The van der Waals surface area contributed by atoms with Crippen molar-refractivity contribution in [3.8, 4) is 11.1 Å². The molecule has 176 valence electrons. The van der Waals surface area contributed by atoms with E-state index in [4.69, 9.17) is 0 Å². The highest BCUT2D eigenvalue weighted by molar-refractivity contribution is 6.10. The van der Waals surface area contributed by atoms with Crippen LogP contribution in [0.15, 0.2) is 58.9 Å². The molecule has 3 aromatic rings. The zero-order valence-corrected chi connectivity index (χ0v) is 19.7. The summed E-state index contributed by atoms with van der Waals surface area (Å²) in [6.45, 7) is 6.15. The molecule has 2 aliphatic rings. The lowest BCUT2D eigenvalue weighted by Gasteiger charge is -2.24. The van der Waals surface area contributed by atoms with Gasteiger partial charge in [0, 0.05) is 74.2 Å². The molecule has 2 aromatic carbocycles. The highest BCUT2D eigenvalue weighted by Gasteiger charge is 2.28. The maximum absolute atomic E-state index is 14.5. The molecular weight excluding hydrogens is 434 g/mol. The van der Waals surface area contributed by atoms with Crippen LogP contribution >= 0.6 is 0 Å². The van der Waals surface area contributed by atoms with Crippen molar-refractivity contribution in [1.29, 1.82) is 0 Å². The van der Waals surface area contributed by atoms with Crippen molar-refractivity contribution < 1.29 is 8.78 Å². The Morgan fingerprint density at radius 1 is 1.09 bits per heavy atom. The summed E-state index contributed by atoms with van der Waals surface area (Å²) in [5, 5.41) is 8.09. The van der Waals surface area contributed by atoms with Crippen molar-refractivity contribution in [2.75, 3.05) is 44.0 Å². The second kappa shape index (κ2) is 8.68. The highest BCUT2D eigenvalue weighted by atomic mass is 19.1. The molecule has 1 fully saturated rings. The Balaban J connectivity index is 1.56. The Morgan fingerprint density at radius 3 is 2.62 bits per heavy atom. The molecule has 0 radical (unpaired) electrons. The van der Waals surface area contributed by atoms with Crippen LogP contribution in [0.2, 0.25) is 0 Å². The zero-order chi connectivity index (χ0) is 24.0. The van der Waals surface area contributed by atoms with E-state index in [2.05, 4.69) is 59.0 Å². The van der Waals surface area contributed by atoms with E-state index in [0.717, 1.165) is 42.5 Å². The van der Waals surface area contributed by atoms with Crippen molar-refractivity contribution in [1.82, 2.24) is 9.47 Å². The summed E-state index contributed by atoms with van der Waals surface area (Å²) in [5.41, 5.74) is 5.15. The second-order valence-electron chi connectivity index (χ2n) is 9.16. The Hall–Kier alpha value is -3.52. The molecule has 0 spiro atoms. The Kier molecular flexibility index (Phi) is 5.69. The first kappa shape index (κ1) is 22.3. The molecule has 1 aromatic heterocycles. The number of likely N-dealkylation sites (N-methyl/N-ethyl adjacent to an activating group) is 1. The summed E-state index contributed by atoms with van der Waals surface area (Å²) >= 11 is 0. The third-order valence-corrected chi connectivity index (χ3v) is 6.87. The van der Waals surface area contributed by atoms with Crippen LogP contribution in [0.4, 0.5) is 20.2 Å². The SMILES string of the molecule is C=N/N=C1/c2cc(-c3ccc(F)cc3F)cn2Cc2cc(N3CC[C@H](N(C)C)C3)ccc2N1C. The van der Waals surface area contributed by atoms with Crippen molar-refractivity contribution in [2.45, 2.75) is 19.0 Å². The first-order valence-electron chi connectivity index (χ1n) is 11.3. The van der Waals surface area contributed by atoms with Gasteiger partial charge in [-0.05, 0) is 62.5 Å². The number of rotatable bonds is 4. The van der Waals surface area contributed by atoms with Crippen molar-refractivity contribution in [3.63, 3.8) is 0 Å². The quantitative estimate of drug-likeness (QED) is 0.425. The first-order valence-corrected chi connectivity index (χ1v) is 11.3. The minimum absolute atomic E-state index is 0.344. The van der Waals surface area contributed by atoms with E-state index in [0.29, 0.717) is 29.5 Å². The number of anilines is 2. The fourth-order valence-electron chi connectivity index (χ4n) is 4.97. The molecule has 0 saturated carbocycles. The van der Waals surface area contributed by atoms with Crippen LogP contribution in [0.25, 0.3) is 11.1 Å². The summed E-state index contributed by atoms with van der Waals surface area (Å²) in [5.74, 6) is -0.578. The van der Waals surface area contributed by atoms with Crippen LogP contribution in [-0.2, 0) is 6.54 Å². The summed E-state index contributed by atoms with van der Waals surface area (Å²) in [4.78, 5) is 6.69. The largest absolute Gasteiger partial charge is 0.370 e. The third-order valence-electron chi connectivity index (χ3n) is 6.87. The summed E-state index contributed by atoms with van der Waals surface area (Å²) in [6.07, 6.45) is 3.03. The van der Waals surface area contributed by atoms with Gasteiger partial charge in [0.05, 0.1) is 5.69 Å². The van der Waals surface area contributed by atoms with E-state index >= 15 is 0 Å². The Morgan fingerprint density at radius 2 is 1.91 bits per heavy atom. The van der Waals surface area contributed by atoms with Gasteiger partial charge in [0.1, 0.15) is 11.6 Å². The number of nitrogens with zero attached hydrogens (tertiary/aromatic N) is 6. The predicted molar refractivity (Wildman–Crippen MR) is 134 cm³/mol. The summed E-state index contributed by atoms with van der Waals surface area (Å²) in [7, 11) is 6.20. The third kappa shape index (κ3) is 3.88. The summed E-state index contributed by atoms with van der Waals surface area (Å²) in [6, 6.07) is 12.6. The lowest BCUT2D eigenvalue weighted by Crippen LogP contribution is -2.31. The number of hydrogen-bond donors (Lipinski definition) is 0. The molecule has 0 unspecified atom stereocenters. The molecule has 0 bridgehead atoms. The van der Waals surface area contributed by atoms with Crippen LogP contribution in [0.3, 0.4) is 0 Å². The van der Waals surface area contributed by atoms with E-state index in [1.54, 1.807) is 0 Å². The van der Waals surface area contributed by atoms with E-state index in [-0.39, 0.29) is 0 Å². The first-order chi connectivity index (χ1) is 16.4. The van der Waals surface area contributed by atoms with Gasteiger partial charge in [-0.1, -0.05) is 0 Å². The van der Waals surface area contributed by atoms with Gasteiger partial charge in [-0.15, -0.1) is 5.10 Å². The lowest BCUT2D eigenvalue weighted by molar-refractivity contribution is 0.315. The average Bonchev–Trinajstić information content (AvgIpc) is 3.43. The average molecular weight is 463 g/mol. The fraction of sp³-hybridized carbons (Fsp3) is 0.308. The maximum atomic E-state index is 14.5. The van der Waals surface area contributed by atoms with E-state index in [9.17, 15) is 8.78 Å². The molecule has 1 atom stereocenters. The van der Waals surface area contributed by atoms with Gasteiger partial charge in [0.25, 0.3) is 0 Å². The number of halogens is 2. The van der Waals surface area contributed by atoms with Gasteiger partial charge in [0.2, 0.25) is 0 Å². The molecule has 34 heavy (non-hydrogen) atoms. The molecule has 0 N–H and O–H groups in total. The van der Waals surface area contributed by atoms with Gasteiger partial charge in [-0.2, -0.15) is 5.10 Å². The van der Waals surface area contributed by atoms with Crippen LogP contribution in [0.1, 0.15) is 17.7 Å². The minimum atomic E-state index is -0.597. The highest BCUT2D eigenvalue weighted by Crippen LogP contribution is 2.35. The van der Waals surface area contributed by atoms with Crippen LogP contribution < -0.4 is 9.80 Å². The smallest absolute Gasteiger partial charge is 0.179 e. The van der Waals surface area contributed by atoms with Crippen molar-refractivity contribution in [3.05, 3.63) is 71.6 Å². The number of hydrogen-bond acceptors (Lipinski definition) is 4. The van der Waals surface area contributed by atoms with E-state index in [1.807, 2.05) is 28.8 Å². The number of amidine groups is 1. The minimum Gasteiger partial charge on any atom is -0.370 e. The molecule has 3 heterocycles. The molecule has 1 saturated heterocycles. The summed E-state index contributed by atoms with van der Waals surface area (Å²) < 4.78 is 30.0. The number of benzene rings is 2. The van der Waals surface area contributed by atoms with Crippen LogP contribution in [-0.4, -0.2) is 62.3 Å². The van der Waals surface area contributed by atoms with Gasteiger partial charge in [0.15, 0.2) is 5.84 Å². The molecular formula is C26H28F2N6. The lowest BCUT2D eigenvalue weighted by atomic mass is 10.1. The van der Waals surface area contributed by atoms with E-state index < -0.39 is 11.6 Å². The molecule has 0 amide bonds. The topological polar surface area (TPSA) is 39.4 Å². The number of fused-ring (bicyclic) bond motifs is 2. The van der Waals surface area contributed by atoms with E-state index in [1.165, 1.54) is 17.8 Å². The monoisotopic (exact) mass is 462 g/mol. The van der Waals surface area contributed by atoms with Gasteiger partial charge in [-0.25, -0.2) is 8.78 Å². The zero-order valence-electron chi connectivity index (χ0n) is 19.7. The van der Waals surface area contributed by atoms with Gasteiger partial charge >= 0.3 is 0 Å². The number of aromatic nitrogens is 1.